The summed E-state index contributed by atoms with van der Waals surface area (Å²) in [5.74, 6) is 0.568. The van der Waals surface area contributed by atoms with E-state index in [0.29, 0.717) is 37.1 Å². The van der Waals surface area contributed by atoms with Gasteiger partial charge in [-0.3, -0.25) is 0 Å². The summed E-state index contributed by atoms with van der Waals surface area (Å²) >= 11 is 0. The summed E-state index contributed by atoms with van der Waals surface area (Å²) in [5.41, 5.74) is 0.869. The van der Waals surface area contributed by atoms with E-state index >= 15 is 0 Å². The molecule has 26 heavy (non-hydrogen) atoms. The van der Waals surface area contributed by atoms with Crippen LogP contribution in [-0.4, -0.2) is 57.9 Å². The maximum atomic E-state index is 12.5. The molecule has 1 saturated heterocycles. The molecular weight excluding hydrogens is 352 g/mol. The minimum atomic E-state index is -3.24. The van der Waals surface area contributed by atoms with Crippen molar-refractivity contribution in [1.82, 2.24) is 4.90 Å². The van der Waals surface area contributed by atoms with Crippen molar-refractivity contribution < 1.29 is 17.9 Å². The fourth-order valence-electron chi connectivity index (χ4n) is 3.07. The smallest absolute Gasteiger partial charge is 0.410 e. The average molecular weight is 383 g/mol. The molecule has 6 nitrogen and oxygen atoms in total. The Bertz CT molecular complexity index is 731. The first-order valence-electron chi connectivity index (χ1n) is 9.08. The number of carbonyl (C=O) groups excluding carboxylic acids is 1. The molecule has 146 valence electrons. The van der Waals surface area contributed by atoms with Crippen molar-refractivity contribution in [2.75, 3.05) is 37.4 Å². The summed E-state index contributed by atoms with van der Waals surface area (Å²) < 4.78 is 29.1. The standard InChI is InChI=1S/C19H30N2O4S/c1-14(2)13-25-19(22)21-10-9-20(12-18(21)15(3)4)16-7-6-8-17(11-16)26(5,23)24/h6-8,11,14-15,18H,9-10,12-13H2,1-5H3/t18-/m0/s1. The SMILES string of the molecule is CC(C)COC(=O)N1CCN(c2cccc(S(C)(=O)=O)c2)C[C@H]1C(C)C. The van der Waals surface area contributed by atoms with E-state index in [-0.39, 0.29) is 18.1 Å². The fraction of sp³-hybridized carbons (Fsp3) is 0.632. The van der Waals surface area contributed by atoms with Crippen molar-refractivity contribution in [3.63, 3.8) is 0 Å². The van der Waals surface area contributed by atoms with Gasteiger partial charge < -0.3 is 14.5 Å². The zero-order valence-electron chi connectivity index (χ0n) is 16.3. The van der Waals surface area contributed by atoms with Gasteiger partial charge in [-0.25, -0.2) is 13.2 Å². The van der Waals surface area contributed by atoms with Crippen LogP contribution in [0.2, 0.25) is 0 Å². The number of anilines is 1. The maximum Gasteiger partial charge on any atom is 0.410 e. The molecule has 0 N–H and O–H groups in total. The highest BCUT2D eigenvalue weighted by atomic mass is 32.2. The molecule has 0 bridgehead atoms. The first kappa shape index (κ1) is 20.6. The van der Waals surface area contributed by atoms with Gasteiger partial charge >= 0.3 is 6.09 Å². The molecule has 0 spiro atoms. The maximum absolute atomic E-state index is 12.5. The summed E-state index contributed by atoms with van der Waals surface area (Å²) in [5, 5.41) is 0. The summed E-state index contributed by atoms with van der Waals surface area (Å²) in [7, 11) is -3.24. The highest BCUT2D eigenvalue weighted by Crippen LogP contribution is 2.25. The second kappa shape index (κ2) is 8.29. The minimum absolute atomic E-state index is 0.0188. The lowest BCUT2D eigenvalue weighted by molar-refractivity contribution is 0.0632. The Labute approximate surface area is 157 Å². The lowest BCUT2D eigenvalue weighted by Gasteiger charge is -2.43. The van der Waals surface area contributed by atoms with E-state index in [9.17, 15) is 13.2 Å². The topological polar surface area (TPSA) is 66.9 Å². The quantitative estimate of drug-likeness (QED) is 0.783. The number of carbonyl (C=O) groups is 1. The van der Waals surface area contributed by atoms with E-state index in [1.54, 1.807) is 18.2 Å². The van der Waals surface area contributed by atoms with Gasteiger partial charge in [-0.05, 0) is 30.0 Å². The fourth-order valence-corrected chi connectivity index (χ4v) is 3.73. The van der Waals surface area contributed by atoms with Crippen molar-refractivity contribution in [3.05, 3.63) is 24.3 Å². The van der Waals surface area contributed by atoms with Gasteiger partial charge in [0.05, 0.1) is 17.5 Å². The van der Waals surface area contributed by atoms with Crippen LogP contribution in [0.4, 0.5) is 10.5 Å². The van der Waals surface area contributed by atoms with Crippen LogP contribution in [0.3, 0.4) is 0 Å². The number of ether oxygens (including phenoxy) is 1. The molecule has 1 heterocycles. The van der Waals surface area contributed by atoms with E-state index in [1.807, 2.05) is 24.8 Å². The molecule has 2 rings (SSSR count). The summed E-state index contributed by atoms with van der Waals surface area (Å²) in [6, 6.07) is 7.01. The molecule has 0 radical (unpaired) electrons. The van der Waals surface area contributed by atoms with Gasteiger partial charge in [-0.2, -0.15) is 0 Å². The first-order chi connectivity index (χ1) is 12.1. The van der Waals surface area contributed by atoms with E-state index in [4.69, 9.17) is 4.74 Å². The Morgan fingerprint density at radius 2 is 1.92 bits per heavy atom. The zero-order chi connectivity index (χ0) is 19.5. The number of nitrogens with zero attached hydrogens (tertiary/aromatic N) is 2. The van der Waals surface area contributed by atoms with Crippen molar-refractivity contribution in [3.8, 4) is 0 Å². The predicted molar refractivity (Wildman–Crippen MR) is 103 cm³/mol. The van der Waals surface area contributed by atoms with Crippen LogP contribution in [0.25, 0.3) is 0 Å². The van der Waals surface area contributed by atoms with Crippen LogP contribution in [0, 0.1) is 11.8 Å². The number of benzene rings is 1. The van der Waals surface area contributed by atoms with Crippen LogP contribution in [-0.2, 0) is 14.6 Å². The van der Waals surface area contributed by atoms with Gasteiger partial charge in [0, 0.05) is 31.6 Å². The number of hydrogen-bond donors (Lipinski definition) is 0. The van der Waals surface area contributed by atoms with Crippen molar-refractivity contribution in [2.24, 2.45) is 11.8 Å². The third kappa shape index (κ3) is 5.13. The predicted octanol–water partition coefficient (Wildman–Crippen LogP) is 3.03. The second-order valence-electron chi connectivity index (χ2n) is 7.69. The molecule has 0 saturated carbocycles. The van der Waals surface area contributed by atoms with Gasteiger partial charge in [0.15, 0.2) is 9.84 Å². The zero-order valence-corrected chi connectivity index (χ0v) is 17.1. The second-order valence-corrected chi connectivity index (χ2v) is 9.71. The lowest BCUT2D eigenvalue weighted by atomic mass is 9.99. The van der Waals surface area contributed by atoms with Crippen molar-refractivity contribution in [2.45, 2.75) is 38.6 Å². The highest BCUT2D eigenvalue weighted by Gasteiger charge is 2.33. The molecule has 7 heteroatoms. The summed E-state index contributed by atoms with van der Waals surface area (Å²) in [6.07, 6.45) is 0.952. The van der Waals surface area contributed by atoms with Crippen LogP contribution in [0.1, 0.15) is 27.7 Å². The lowest BCUT2D eigenvalue weighted by Crippen LogP contribution is -2.57. The molecule has 0 aliphatic carbocycles. The van der Waals surface area contributed by atoms with Crippen LogP contribution in [0.15, 0.2) is 29.2 Å². The Balaban J connectivity index is 2.16. The van der Waals surface area contributed by atoms with Gasteiger partial charge in [-0.1, -0.05) is 33.8 Å². The number of hydrogen-bond acceptors (Lipinski definition) is 5. The third-order valence-corrected chi connectivity index (χ3v) is 5.68. The Hall–Kier alpha value is -1.76. The minimum Gasteiger partial charge on any atom is -0.449 e. The van der Waals surface area contributed by atoms with Crippen molar-refractivity contribution in [1.29, 1.82) is 0 Å². The summed E-state index contributed by atoms with van der Waals surface area (Å²) in [4.78, 5) is 16.7. The molecule has 0 aromatic heterocycles. The van der Waals surface area contributed by atoms with E-state index in [0.717, 1.165) is 5.69 Å². The average Bonchev–Trinajstić information content (AvgIpc) is 2.58. The molecule has 0 unspecified atom stereocenters. The number of sulfone groups is 1. The van der Waals surface area contributed by atoms with E-state index in [2.05, 4.69) is 18.7 Å². The number of piperazine rings is 1. The molecule has 1 atom stereocenters. The Morgan fingerprint density at radius 3 is 2.50 bits per heavy atom. The molecule has 1 amide bonds. The van der Waals surface area contributed by atoms with Gasteiger partial charge in [0.2, 0.25) is 0 Å². The van der Waals surface area contributed by atoms with Crippen molar-refractivity contribution >= 4 is 21.6 Å². The van der Waals surface area contributed by atoms with Crippen LogP contribution < -0.4 is 4.90 Å². The third-order valence-electron chi connectivity index (χ3n) is 4.57. The highest BCUT2D eigenvalue weighted by molar-refractivity contribution is 7.90. The molecule has 1 aliphatic heterocycles. The van der Waals surface area contributed by atoms with Crippen LogP contribution in [0.5, 0.6) is 0 Å². The van der Waals surface area contributed by atoms with E-state index < -0.39 is 9.84 Å². The molecule has 1 aromatic rings. The largest absolute Gasteiger partial charge is 0.449 e. The molecule has 1 aliphatic rings. The van der Waals surface area contributed by atoms with E-state index in [1.165, 1.54) is 6.26 Å². The number of amides is 1. The number of rotatable bonds is 5. The normalized spacial score (nSPS) is 18.5. The van der Waals surface area contributed by atoms with Gasteiger partial charge in [0.1, 0.15) is 0 Å². The van der Waals surface area contributed by atoms with Gasteiger partial charge in [0.25, 0.3) is 0 Å². The Morgan fingerprint density at radius 1 is 1.23 bits per heavy atom. The molecular formula is C19H30N2O4S. The van der Waals surface area contributed by atoms with Gasteiger partial charge in [-0.15, -0.1) is 0 Å². The molecule has 1 aromatic carbocycles. The summed E-state index contributed by atoms with van der Waals surface area (Å²) in [6.45, 7) is 10.5. The Kier molecular flexibility index (Phi) is 6.55. The monoisotopic (exact) mass is 382 g/mol. The van der Waals surface area contributed by atoms with Crippen LogP contribution >= 0.6 is 0 Å². The first-order valence-corrected chi connectivity index (χ1v) is 11.0. The molecule has 1 fully saturated rings.